The van der Waals surface area contributed by atoms with Crippen LogP contribution in [0.1, 0.15) is 18.5 Å². The van der Waals surface area contributed by atoms with Gasteiger partial charge in [0.25, 0.3) is 0 Å². The normalized spacial score (nSPS) is 12.1. The van der Waals surface area contributed by atoms with E-state index in [0.29, 0.717) is 0 Å². The summed E-state index contributed by atoms with van der Waals surface area (Å²) in [6, 6.07) is 18.4. The number of aromatic nitrogens is 1. The highest BCUT2D eigenvalue weighted by molar-refractivity contribution is 5.81. The third-order valence-corrected chi connectivity index (χ3v) is 3.58. The topological polar surface area (TPSA) is 34.1 Å². The van der Waals surface area contributed by atoms with Gasteiger partial charge in [0.1, 0.15) is 5.75 Å². The third-order valence-electron chi connectivity index (χ3n) is 3.58. The van der Waals surface area contributed by atoms with Crippen molar-refractivity contribution < 1.29 is 4.74 Å². The second-order valence-electron chi connectivity index (χ2n) is 5.02. The molecule has 3 rings (SSSR count). The molecule has 1 unspecified atom stereocenters. The zero-order valence-electron chi connectivity index (χ0n) is 12.2. The Morgan fingerprint density at radius 3 is 2.67 bits per heavy atom. The van der Waals surface area contributed by atoms with E-state index in [0.717, 1.165) is 27.9 Å². The molecule has 0 saturated heterocycles. The summed E-state index contributed by atoms with van der Waals surface area (Å²) in [4.78, 5) is 4.48. The lowest BCUT2D eigenvalue weighted by Crippen LogP contribution is -2.08. The lowest BCUT2D eigenvalue weighted by Gasteiger charge is -2.18. The van der Waals surface area contributed by atoms with Crippen LogP contribution in [0.15, 0.2) is 60.8 Å². The van der Waals surface area contributed by atoms with E-state index in [4.69, 9.17) is 4.74 Å². The van der Waals surface area contributed by atoms with Crippen LogP contribution in [0.25, 0.3) is 10.9 Å². The van der Waals surface area contributed by atoms with Crippen molar-refractivity contribution >= 4 is 16.6 Å². The van der Waals surface area contributed by atoms with Crippen LogP contribution in [0.2, 0.25) is 0 Å². The standard InChI is InChI=1S/C18H18N2O/c1-13(16-8-4-6-10-18(16)21-2)20-15-11-14-7-3-5-9-17(14)19-12-15/h3-13,20H,1-2H3. The molecule has 3 nitrogen and oxygen atoms in total. The monoisotopic (exact) mass is 278 g/mol. The zero-order chi connectivity index (χ0) is 14.7. The van der Waals surface area contributed by atoms with Crippen LogP contribution in [0.3, 0.4) is 0 Å². The van der Waals surface area contributed by atoms with Gasteiger partial charge in [-0.3, -0.25) is 4.98 Å². The van der Waals surface area contributed by atoms with Crippen molar-refractivity contribution in [3.8, 4) is 5.75 Å². The molecule has 1 heterocycles. The van der Waals surface area contributed by atoms with Crippen molar-refractivity contribution in [2.75, 3.05) is 12.4 Å². The second kappa shape index (κ2) is 5.83. The Labute approximate surface area is 124 Å². The average Bonchev–Trinajstić information content (AvgIpc) is 2.54. The number of nitrogens with one attached hydrogen (secondary N) is 1. The highest BCUT2D eigenvalue weighted by atomic mass is 16.5. The van der Waals surface area contributed by atoms with Gasteiger partial charge in [0.15, 0.2) is 0 Å². The molecule has 0 spiro atoms. The minimum Gasteiger partial charge on any atom is -0.496 e. The van der Waals surface area contributed by atoms with Crippen LogP contribution in [0.4, 0.5) is 5.69 Å². The highest BCUT2D eigenvalue weighted by Crippen LogP contribution is 2.28. The van der Waals surface area contributed by atoms with Crippen molar-refractivity contribution in [3.63, 3.8) is 0 Å². The Morgan fingerprint density at radius 2 is 1.81 bits per heavy atom. The van der Waals surface area contributed by atoms with Gasteiger partial charge in [-0.25, -0.2) is 0 Å². The van der Waals surface area contributed by atoms with Gasteiger partial charge in [-0.1, -0.05) is 36.4 Å². The number of ether oxygens (including phenoxy) is 1. The molecule has 0 saturated carbocycles. The maximum Gasteiger partial charge on any atom is 0.124 e. The number of hydrogen-bond donors (Lipinski definition) is 1. The number of benzene rings is 2. The molecule has 0 bridgehead atoms. The van der Waals surface area contributed by atoms with Crippen molar-refractivity contribution in [2.45, 2.75) is 13.0 Å². The molecule has 106 valence electrons. The van der Waals surface area contributed by atoms with Crippen LogP contribution in [0, 0.1) is 0 Å². The summed E-state index contributed by atoms with van der Waals surface area (Å²) < 4.78 is 5.42. The fraction of sp³-hybridized carbons (Fsp3) is 0.167. The Bertz CT molecular complexity index is 755. The van der Waals surface area contributed by atoms with Crippen molar-refractivity contribution in [1.82, 2.24) is 4.98 Å². The number of nitrogens with zero attached hydrogens (tertiary/aromatic N) is 1. The summed E-state index contributed by atoms with van der Waals surface area (Å²) >= 11 is 0. The van der Waals surface area contributed by atoms with Crippen LogP contribution >= 0.6 is 0 Å². The molecule has 2 aromatic carbocycles. The van der Waals surface area contributed by atoms with Crippen molar-refractivity contribution in [1.29, 1.82) is 0 Å². The van der Waals surface area contributed by atoms with E-state index in [1.807, 2.05) is 42.6 Å². The minimum absolute atomic E-state index is 0.143. The smallest absolute Gasteiger partial charge is 0.124 e. The molecule has 0 fully saturated rings. The first-order chi connectivity index (χ1) is 10.3. The molecule has 0 radical (unpaired) electrons. The Kier molecular flexibility index (Phi) is 3.73. The van der Waals surface area contributed by atoms with Crippen LogP contribution in [-0.2, 0) is 0 Å². The van der Waals surface area contributed by atoms with E-state index in [1.54, 1.807) is 7.11 Å². The average molecular weight is 278 g/mol. The van der Waals surface area contributed by atoms with Gasteiger partial charge in [-0.15, -0.1) is 0 Å². The minimum atomic E-state index is 0.143. The quantitative estimate of drug-likeness (QED) is 0.767. The number of anilines is 1. The largest absolute Gasteiger partial charge is 0.496 e. The molecule has 1 N–H and O–H groups in total. The van der Waals surface area contributed by atoms with E-state index < -0.39 is 0 Å². The zero-order valence-corrected chi connectivity index (χ0v) is 12.2. The Hall–Kier alpha value is -2.55. The molecule has 0 aliphatic rings. The first kappa shape index (κ1) is 13.4. The maximum absolute atomic E-state index is 5.42. The van der Waals surface area contributed by atoms with E-state index >= 15 is 0 Å². The number of para-hydroxylation sites is 2. The summed E-state index contributed by atoms with van der Waals surface area (Å²) in [5, 5.41) is 4.62. The highest BCUT2D eigenvalue weighted by Gasteiger charge is 2.10. The van der Waals surface area contributed by atoms with Gasteiger partial charge in [-0.05, 0) is 25.1 Å². The van der Waals surface area contributed by atoms with Crippen molar-refractivity contribution in [2.24, 2.45) is 0 Å². The summed E-state index contributed by atoms with van der Waals surface area (Å²) in [5.74, 6) is 0.895. The third kappa shape index (κ3) is 2.82. The number of rotatable bonds is 4. The number of methoxy groups -OCH3 is 1. The predicted octanol–water partition coefficient (Wildman–Crippen LogP) is 4.42. The van der Waals surface area contributed by atoms with Crippen LogP contribution in [-0.4, -0.2) is 12.1 Å². The maximum atomic E-state index is 5.42. The van der Waals surface area contributed by atoms with Gasteiger partial charge in [0.05, 0.1) is 30.6 Å². The fourth-order valence-electron chi connectivity index (χ4n) is 2.50. The van der Waals surface area contributed by atoms with Crippen LogP contribution in [0.5, 0.6) is 5.75 Å². The number of fused-ring (bicyclic) bond motifs is 1. The van der Waals surface area contributed by atoms with Gasteiger partial charge >= 0.3 is 0 Å². The van der Waals surface area contributed by atoms with Gasteiger partial charge in [0.2, 0.25) is 0 Å². The molecule has 21 heavy (non-hydrogen) atoms. The van der Waals surface area contributed by atoms with Crippen molar-refractivity contribution in [3.05, 3.63) is 66.4 Å². The molecule has 0 aliphatic carbocycles. The van der Waals surface area contributed by atoms with Gasteiger partial charge in [-0.2, -0.15) is 0 Å². The first-order valence-electron chi connectivity index (χ1n) is 7.02. The summed E-state index contributed by atoms with van der Waals surface area (Å²) in [6.45, 7) is 2.12. The summed E-state index contributed by atoms with van der Waals surface area (Å²) in [7, 11) is 1.70. The molecule has 0 amide bonds. The lowest BCUT2D eigenvalue weighted by atomic mass is 10.1. The second-order valence-corrected chi connectivity index (χ2v) is 5.02. The molecular weight excluding hydrogens is 260 g/mol. The van der Waals surface area contributed by atoms with E-state index in [-0.39, 0.29) is 6.04 Å². The predicted molar refractivity (Wildman–Crippen MR) is 86.8 cm³/mol. The molecule has 3 heteroatoms. The molecule has 1 aromatic heterocycles. The molecule has 1 atom stereocenters. The lowest BCUT2D eigenvalue weighted by molar-refractivity contribution is 0.408. The molecule has 0 aliphatic heterocycles. The summed E-state index contributed by atoms with van der Waals surface area (Å²) in [5.41, 5.74) is 3.15. The van der Waals surface area contributed by atoms with Gasteiger partial charge in [0, 0.05) is 10.9 Å². The number of hydrogen-bond acceptors (Lipinski definition) is 3. The van der Waals surface area contributed by atoms with E-state index in [1.165, 1.54) is 0 Å². The first-order valence-corrected chi connectivity index (χ1v) is 7.02. The molecular formula is C18H18N2O. The van der Waals surface area contributed by atoms with Gasteiger partial charge < -0.3 is 10.1 Å². The molecule has 3 aromatic rings. The van der Waals surface area contributed by atoms with E-state index in [9.17, 15) is 0 Å². The van der Waals surface area contributed by atoms with E-state index in [2.05, 4.69) is 35.4 Å². The fourth-order valence-corrected chi connectivity index (χ4v) is 2.50. The SMILES string of the molecule is COc1ccccc1C(C)Nc1cnc2ccccc2c1. The van der Waals surface area contributed by atoms with Crippen LogP contribution < -0.4 is 10.1 Å². The Morgan fingerprint density at radius 1 is 1.05 bits per heavy atom. The summed E-state index contributed by atoms with van der Waals surface area (Å²) in [6.07, 6.45) is 1.87. The Balaban J connectivity index is 1.87. The number of pyridine rings is 1.